The molecule has 1 atom stereocenters. The van der Waals surface area contributed by atoms with Crippen LogP contribution in [0.5, 0.6) is 0 Å². The van der Waals surface area contributed by atoms with Gasteiger partial charge in [0.25, 0.3) is 0 Å². The molecule has 6 nitrogen and oxygen atoms in total. The number of aromatic nitrogens is 3. The molecule has 2 aromatic rings. The van der Waals surface area contributed by atoms with Gasteiger partial charge in [0.1, 0.15) is 5.82 Å². The minimum Gasteiger partial charge on any atom is -0.337 e. The number of carbonyl (C=O) groups excluding carboxylic acids is 1. The Morgan fingerprint density at radius 2 is 2.04 bits per heavy atom. The maximum Gasteiger partial charge on any atom is 0.240 e. The molecule has 2 aliphatic rings. The van der Waals surface area contributed by atoms with Gasteiger partial charge in [0, 0.05) is 26.6 Å². The minimum atomic E-state index is -0.0221. The van der Waals surface area contributed by atoms with Crippen LogP contribution in [0.1, 0.15) is 36.5 Å². The summed E-state index contributed by atoms with van der Waals surface area (Å²) in [6.45, 7) is 3.34. The lowest BCUT2D eigenvalue weighted by Gasteiger charge is -2.27. The summed E-state index contributed by atoms with van der Waals surface area (Å²) in [5, 5.41) is 8.52. The van der Waals surface area contributed by atoms with E-state index in [-0.39, 0.29) is 11.9 Å². The number of carbonyl (C=O) groups is 1. The second-order valence-electron chi connectivity index (χ2n) is 7.10. The van der Waals surface area contributed by atoms with Crippen LogP contribution in [-0.2, 0) is 30.8 Å². The van der Waals surface area contributed by atoms with Crippen LogP contribution < -0.4 is 0 Å². The van der Waals surface area contributed by atoms with Crippen LogP contribution in [0, 0.1) is 0 Å². The van der Waals surface area contributed by atoms with E-state index < -0.39 is 0 Å². The summed E-state index contributed by atoms with van der Waals surface area (Å²) in [6, 6.07) is 10.4. The summed E-state index contributed by atoms with van der Waals surface area (Å²) in [6.07, 6.45) is 4.15. The predicted molar refractivity (Wildman–Crippen MR) is 94.7 cm³/mol. The Kier molecular flexibility index (Phi) is 4.53. The van der Waals surface area contributed by atoms with Crippen LogP contribution in [0.15, 0.2) is 30.3 Å². The molecule has 4 rings (SSSR count). The number of nitrogens with zero attached hydrogens (tertiary/aromatic N) is 5. The quantitative estimate of drug-likeness (QED) is 0.834. The van der Waals surface area contributed by atoms with E-state index in [1.165, 1.54) is 5.56 Å². The van der Waals surface area contributed by atoms with Gasteiger partial charge >= 0.3 is 0 Å². The SMILES string of the molecule is CN(Cc1nnc2n1CCC2)C(=O)[C@@H]1CCCN1Cc1ccccc1. The van der Waals surface area contributed by atoms with Gasteiger partial charge in [-0.25, -0.2) is 0 Å². The summed E-state index contributed by atoms with van der Waals surface area (Å²) in [7, 11) is 1.89. The third-order valence-electron chi connectivity index (χ3n) is 5.32. The molecule has 6 heteroatoms. The van der Waals surface area contributed by atoms with Crippen molar-refractivity contribution in [3.8, 4) is 0 Å². The minimum absolute atomic E-state index is 0.0221. The zero-order chi connectivity index (χ0) is 17.2. The highest BCUT2D eigenvalue weighted by molar-refractivity contribution is 5.81. The third-order valence-corrected chi connectivity index (χ3v) is 5.32. The Hall–Kier alpha value is -2.21. The Balaban J connectivity index is 1.42. The highest BCUT2D eigenvalue weighted by Gasteiger charge is 2.33. The first-order valence-corrected chi connectivity index (χ1v) is 9.16. The smallest absolute Gasteiger partial charge is 0.240 e. The van der Waals surface area contributed by atoms with Crippen LogP contribution >= 0.6 is 0 Å². The molecule has 2 aliphatic heterocycles. The summed E-state index contributed by atoms with van der Waals surface area (Å²) < 4.78 is 2.17. The average Bonchev–Trinajstić information content (AvgIpc) is 3.34. The number of amides is 1. The molecule has 0 bridgehead atoms. The monoisotopic (exact) mass is 339 g/mol. The van der Waals surface area contributed by atoms with E-state index in [2.05, 4.69) is 43.9 Å². The van der Waals surface area contributed by atoms with Crippen molar-refractivity contribution >= 4 is 5.91 Å². The van der Waals surface area contributed by atoms with Crippen LogP contribution in [0.2, 0.25) is 0 Å². The molecule has 0 N–H and O–H groups in total. The van der Waals surface area contributed by atoms with Gasteiger partial charge in [0.05, 0.1) is 12.6 Å². The van der Waals surface area contributed by atoms with Crippen LogP contribution in [0.25, 0.3) is 0 Å². The van der Waals surface area contributed by atoms with E-state index in [9.17, 15) is 4.79 Å². The lowest BCUT2D eigenvalue weighted by molar-refractivity contribution is -0.135. The van der Waals surface area contributed by atoms with Gasteiger partial charge in [-0.1, -0.05) is 30.3 Å². The topological polar surface area (TPSA) is 54.3 Å². The van der Waals surface area contributed by atoms with Gasteiger partial charge < -0.3 is 9.47 Å². The first kappa shape index (κ1) is 16.3. The van der Waals surface area contributed by atoms with Gasteiger partial charge in [-0.3, -0.25) is 9.69 Å². The predicted octanol–water partition coefficient (Wildman–Crippen LogP) is 1.85. The van der Waals surface area contributed by atoms with Crippen molar-refractivity contribution in [3.63, 3.8) is 0 Å². The molecule has 0 unspecified atom stereocenters. The van der Waals surface area contributed by atoms with Crippen LogP contribution in [-0.4, -0.2) is 50.1 Å². The highest BCUT2D eigenvalue weighted by atomic mass is 16.2. The molecule has 3 heterocycles. The maximum atomic E-state index is 13.0. The Morgan fingerprint density at radius 3 is 2.88 bits per heavy atom. The number of likely N-dealkylation sites (tertiary alicyclic amines) is 1. The molecule has 25 heavy (non-hydrogen) atoms. The zero-order valence-corrected chi connectivity index (χ0v) is 14.8. The Morgan fingerprint density at radius 1 is 1.20 bits per heavy atom. The van der Waals surface area contributed by atoms with Crippen molar-refractivity contribution in [2.75, 3.05) is 13.6 Å². The molecule has 0 saturated carbocycles. The fraction of sp³-hybridized carbons (Fsp3) is 0.526. The summed E-state index contributed by atoms with van der Waals surface area (Å²) in [4.78, 5) is 17.1. The van der Waals surface area contributed by atoms with Gasteiger partial charge in [0.15, 0.2) is 5.82 Å². The second-order valence-corrected chi connectivity index (χ2v) is 7.10. The Bertz CT molecular complexity index is 742. The molecule has 1 saturated heterocycles. The maximum absolute atomic E-state index is 13.0. The van der Waals surface area contributed by atoms with Crippen molar-refractivity contribution in [1.29, 1.82) is 0 Å². The number of aryl methyl sites for hydroxylation is 1. The second kappa shape index (κ2) is 6.96. The molecule has 1 aromatic carbocycles. The van der Waals surface area contributed by atoms with E-state index in [1.54, 1.807) is 0 Å². The van der Waals surface area contributed by atoms with Crippen molar-refractivity contribution in [2.45, 2.75) is 51.4 Å². The van der Waals surface area contributed by atoms with E-state index in [1.807, 2.05) is 18.0 Å². The lowest BCUT2D eigenvalue weighted by Crippen LogP contribution is -2.43. The van der Waals surface area contributed by atoms with Crippen LogP contribution in [0.3, 0.4) is 0 Å². The van der Waals surface area contributed by atoms with E-state index in [4.69, 9.17) is 0 Å². The highest BCUT2D eigenvalue weighted by Crippen LogP contribution is 2.22. The first-order valence-electron chi connectivity index (χ1n) is 9.16. The molecule has 0 radical (unpaired) electrons. The Labute approximate surface area is 148 Å². The van der Waals surface area contributed by atoms with Crippen molar-refractivity contribution in [2.24, 2.45) is 0 Å². The average molecular weight is 339 g/mol. The van der Waals surface area contributed by atoms with Crippen molar-refractivity contribution in [1.82, 2.24) is 24.6 Å². The summed E-state index contributed by atoms with van der Waals surface area (Å²) >= 11 is 0. The van der Waals surface area contributed by atoms with Crippen molar-refractivity contribution < 1.29 is 4.79 Å². The van der Waals surface area contributed by atoms with Gasteiger partial charge in [0.2, 0.25) is 5.91 Å². The van der Waals surface area contributed by atoms with E-state index >= 15 is 0 Å². The fourth-order valence-electron chi connectivity index (χ4n) is 3.99. The molecule has 1 fully saturated rings. The molecule has 1 amide bonds. The molecule has 1 aromatic heterocycles. The number of fused-ring (bicyclic) bond motifs is 1. The van der Waals surface area contributed by atoms with Crippen molar-refractivity contribution in [3.05, 3.63) is 47.5 Å². The van der Waals surface area contributed by atoms with Gasteiger partial charge in [-0.05, 0) is 31.4 Å². The fourth-order valence-corrected chi connectivity index (χ4v) is 3.99. The standard InChI is InChI=1S/C19H25N5O/c1-22(14-18-21-20-17-10-6-12-24(17)18)19(25)16-9-5-11-23(16)13-15-7-3-2-4-8-15/h2-4,7-8,16H,5-6,9-14H2,1H3/t16-/m0/s1. The molecular formula is C19H25N5O. The van der Waals surface area contributed by atoms with Gasteiger partial charge in [-0.15, -0.1) is 10.2 Å². The van der Waals surface area contributed by atoms with E-state index in [0.29, 0.717) is 6.54 Å². The normalized spacial score (nSPS) is 20.0. The van der Waals surface area contributed by atoms with Gasteiger partial charge in [-0.2, -0.15) is 0 Å². The summed E-state index contributed by atoms with van der Waals surface area (Å²) in [5.74, 6) is 2.17. The molecular weight excluding hydrogens is 314 g/mol. The third kappa shape index (κ3) is 3.31. The molecule has 132 valence electrons. The lowest BCUT2D eigenvalue weighted by atomic mass is 10.1. The first-order chi connectivity index (χ1) is 12.2. The number of rotatable bonds is 5. The molecule has 0 aliphatic carbocycles. The largest absolute Gasteiger partial charge is 0.337 e. The number of hydrogen-bond donors (Lipinski definition) is 0. The number of hydrogen-bond acceptors (Lipinski definition) is 4. The van der Waals surface area contributed by atoms with E-state index in [0.717, 1.165) is 57.0 Å². The summed E-state index contributed by atoms with van der Waals surface area (Å²) in [5.41, 5.74) is 1.26. The number of benzene rings is 1. The molecule has 0 spiro atoms. The number of likely N-dealkylation sites (N-methyl/N-ethyl adjacent to an activating group) is 1. The van der Waals surface area contributed by atoms with Crippen LogP contribution in [0.4, 0.5) is 0 Å². The zero-order valence-electron chi connectivity index (χ0n) is 14.8.